The van der Waals surface area contributed by atoms with Crippen molar-refractivity contribution >= 4 is 30.8 Å². The van der Waals surface area contributed by atoms with Gasteiger partial charge in [-0.1, -0.05) is 0 Å². The molecule has 4 nitrogen and oxygen atoms in total. The standard InChI is InChI=1S/C9H14N4.2ClH/c1-13(2)9-11-6-7-5-10-4-3-8(7)12-9;;/h6,10H,3-5H2,1-2H3;2*1H. The van der Waals surface area contributed by atoms with Crippen LogP contribution in [0.15, 0.2) is 6.20 Å². The molecule has 1 aromatic heterocycles. The van der Waals surface area contributed by atoms with Crippen molar-refractivity contribution < 1.29 is 0 Å². The number of aromatic nitrogens is 2. The predicted molar refractivity (Wildman–Crippen MR) is 66.3 cm³/mol. The second-order valence-corrected chi connectivity index (χ2v) is 3.46. The van der Waals surface area contributed by atoms with E-state index in [1.807, 2.05) is 25.2 Å². The highest BCUT2D eigenvalue weighted by Gasteiger charge is 2.11. The average molecular weight is 251 g/mol. The van der Waals surface area contributed by atoms with Crippen molar-refractivity contribution in [3.8, 4) is 0 Å². The van der Waals surface area contributed by atoms with Crippen LogP contribution in [0.1, 0.15) is 11.3 Å². The molecule has 0 atom stereocenters. The van der Waals surface area contributed by atoms with Crippen LogP contribution in [0.5, 0.6) is 0 Å². The van der Waals surface area contributed by atoms with Gasteiger partial charge in [0.15, 0.2) is 0 Å². The van der Waals surface area contributed by atoms with Gasteiger partial charge < -0.3 is 10.2 Å². The van der Waals surface area contributed by atoms with E-state index in [1.54, 1.807) is 0 Å². The number of halogens is 2. The second kappa shape index (κ2) is 6.10. The molecule has 1 aliphatic rings. The molecule has 2 rings (SSSR count). The van der Waals surface area contributed by atoms with Crippen molar-refractivity contribution in [2.75, 3.05) is 25.5 Å². The van der Waals surface area contributed by atoms with Crippen molar-refractivity contribution in [2.24, 2.45) is 0 Å². The molecular weight excluding hydrogens is 235 g/mol. The van der Waals surface area contributed by atoms with Crippen molar-refractivity contribution in [1.29, 1.82) is 0 Å². The molecule has 1 N–H and O–H groups in total. The van der Waals surface area contributed by atoms with Crippen LogP contribution < -0.4 is 10.2 Å². The summed E-state index contributed by atoms with van der Waals surface area (Å²) in [5, 5.41) is 3.30. The maximum atomic E-state index is 4.49. The Labute approximate surface area is 102 Å². The minimum absolute atomic E-state index is 0. The molecule has 1 aromatic rings. The minimum Gasteiger partial charge on any atom is -0.347 e. The lowest BCUT2D eigenvalue weighted by Crippen LogP contribution is -2.26. The molecule has 86 valence electrons. The van der Waals surface area contributed by atoms with Crippen LogP contribution in [0.4, 0.5) is 5.95 Å². The van der Waals surface area contributed by atoms with E-state index in [-0.39, 0.29) is 24.8 Å². The van der Waals surface area contributed by atoms with E-state index in [2.05, 4.69) is 15.3 Å². The first kappa shape index (κ1) is 14.4. The van der Waals surface area contributed by atoms with Gasteiger partial charge in [-0.15, -0.1) is 24.8 Å². The number of nitrogens with one attached hydrogen (secondary N) is 1. The highest BCUT2D eigenvalue weighted by Crippen LogP contribution is 2.12. The molecule has 6 heteroatoms. The van der Waals surface area contributed by atoms with Crippen molar-refractivity contribution in [2.45, 2.75) is 13.0 Å². The average Bonchev–Trinajstić information content (AvgIpc) is 2.17. The summed E-state index contributed by atoms with van der Waals surface area (Å²) in [5.74, 6) is 0.806. The molecule has 0 spiro atoms. The molecule has 0 radical (unpaired) electrons. The molecule has 2 heterocycles. The van der Waals surface area contributed by atoms with Gasteiger partial charge in [0, 0.05) is 45.4 Å². The number of hydrogen-bond donors (Lipinski definition) is 1. The van der Waals surface area contributed by atoms with Gasteiger partial charge in [0.05, 0.1) is 5.69 Å². The number of anilines is 1. The van der Waals surface area contributed by atoms with E-state index in [4.69, 9.17) is 0 Å². The topological polar surface area (TPSA) is 41.1 Å². The Morgan fingerprint density at radius 1 is 1.33 bits per heavy atom. The second-order valence-electron chi connectivity index (χ2n) is 3.46. The van der Waals surface area contributed by atoms with Crippen LogP contribution in [0.2, 0.25) is 0 Å². The van der Waals surface area contributed by atoms with Crippen molar-refractivity contribution in [3.63, 3.8) is 0 Å². The fourth-order valence-corrected chi connectivity index (χ4v) is 1.44. The zero-order chi connectivity index (χ0) is 9.26. The molecule has 0 bridgehead atoms. The van der Waals surface area contributed by atoms with Crippen molar-refractivity contribution in [1.82, 2.24) is 15.3 Å². The first-order valence-corrected chi connectivity index (χ1v) is 4.50. The van der Waals surface area contributed by atoms with Gasteiger partial charge >= 0.3 is 0 Å². The summed E-state index contributed by atoms with van der Waals surface area (Å²) in [4.78, 5) is 10.7. The highest BCUT2D eigenvalue weighted by atomic mass is 35.5. The SMILES string of the molecule is CN(C)c1ncc2c(n1)CCNC2.Cl.Cl. The third-order valence-corrected chi connectivity index (χ3v) is 2.20. The van der Waals surface area contributed by atoms with E-state index < -0.39 is 0 Å². The Hall–Kier alpha value is -0.580. The number of rotatable bonds is 1. The zero-order valence-corrected chi connectivity index (χ0v) is 10.5. The maximum absolute atomic E-state index is 4.49. The quantitative estimate of drug-likeness (QED) is 0.809. The largest absolute Gasteiger partial charge is 0.347 e. The van der Waals surface area contributed by atoms with E-state index in [0.717, 1.165) is 25.5 Å². The van der Waals surface area contributed by atoms with Crippen LogP contribution in [0.3, 0.4) is 0 Å². The van der Waals surface area contributed by atoms with Crippen LogP contribution in [-0.2, 0) is 13.0 Å². The summed E-state index contributed by atoms with van der Waals surface area (Å²) < 4.78 is 0. The van der Waals surface area contributed by atoms with E-state index in [1.165, 1.54) is 11.3 Å². The molecule has 0 saturated heterocycles. The van der Waals surface area contributed by atoms with Gasteiger partial charge in [-0.05, 0) is 0 Å². The van der Waals surface area contributed by atoms with Gasteiger partial charge in [-0.3, -0.25) is 0 Å². The Bertz CT molecular complexity index is 317. The number of nitrogens with zero attached hydrogens (tertiary/aromatic N) is 3. The summed E-state index contributed by atoms with van der Waals surface area (Å²) in [7, 11) is 3.92. The summed E-state index contributed by atoms with van der Waals surface area (Å²) >= 11 is 0. The number of fused-ring (bicyclic) bond motifs is 1. The maximum Gasteiger partial charge on any atom is 0.225 e. The van der Waals surface area contributed by atoms with E-state index in [9.17, 15) is 0 Å². The van der Waals surface area contributed by atoms with Crippen LogP contribution in [0.25, 0.3) is 0 Å². The van der Waals surface area contributed by atoms with Crippen LogP contribution in [-0.4, -0.2) is 30.6 Å². The lowest BCUT2D eigenvalue weighted by Gasteiger charge is -2.18. The number of hydrogen-bond acceptors (Lipinski definition) is 4. The summed E-state index contributed by atoms with van der Waals surface area (Å²) in [6.07, 6.45) is 2.93. The van der Waals surface area contributed by atoms with Crippen molar-refractivity contribution in [3.05, 3.63) is 17.5 Å². The fraction of sp³-hybridized carbons (Fsp3) is 0.556. The fourth-order valence-electron chi connectivity index (χ4n) is 1.44. The van der Waals surface area contributed by atoms with Gasteiger partial charge in [-0.2, -0.15) is 0 Å². The molecule has 0 amide bonds. The normalized spacial score (nSPS) is 13.2. The third kappa shape index (κ3) is 3.19. The zero-order valence-electron chi connectivity index (χ0n) is 8.86. The van der Waals surface area contributed by atoms with Gasteiger partial charge in [0.2, 0.25) is 5.95 Å². The molecule has 15 heavy (non-hydrogen) atoms. The van der Waals surface area contributed by atoms with Crippen LogP contribution in [0, 0.1) is 0 Å². The smallest absolute Gasteiger partial charge is 0.225 e. The summed E-state index contributed by atoms with van der Waals surface area (Å²) in [6.45, 7) is 1.93. The third-order valence-electron chi connectivity index (χ3n) is 2.20. The predicted octanol–water partition coefficient (Wildman–Crippen LogP) is 1.03. The molecule has 0 aliphatic carbocycles. The van der Waals surface area contributed by atoms with E-state index >= 15 is 0 Å². The monoisotopic (exact) mass is 250 g/mol. The minimum atomic E-state index is 0. The lowest BCUT2D eigenvalue weighted by atomic mass is 10.1. The summed E-state index contributed by atoms with van der Waals surface area (Å²) in [6, 6.07) is 0. The molecule has 1 aliphatic heterocycles. The lowest BCUT2D eigenvalue weighted by molar-refractivity contribution is 0.625. The van der Waals surface area contributed by atoms with Gasteiger partial charge in [0.25, 0.3) is 0 Å². The Morgan fingerprint density at radius 2 is 2.07 bits per heavy atom. The molecule has 0 unspecified atom stereocenters. The Balaban J connectivity index is 0.000000980. The van der Waals surface area contributed by atoms with Crippen LogP contribution >= 0.6 is 24.8 Å². The molecule has 0 saturated carbocycles. The van der Waals surface area contributed by atoms with E-state index in [0.29, 0.717) is 0 Å². The highest BCUT2D eigenvalue weighted by molar-refractivity contribution is 5.85. The molecule has 0 fully saturated rings. The summed E-state index contributed by atoms with van der Waals surface area (Å²) in [5.41, 5.74) is 2.43. The molecular formula is C9H16Cl2N4. The Morgan fingerprint density at radius 3 is 2.73 bits per heavy atom. The first-order valence-electron chi connectivity index (χ1n) is 4.50. The Kier molecular flexibility index (Phi) is 5.87. The molecule has 0 aromatic carbocycles. The van der Waals surface area contributed by atoms with Gasteiger partial charge in [0.1, 0.15) is 0 Å². The first-order chi connectivity index (χ1) is 6.27. The van der Waals surface area contributed by atoms with Gasteiger partial charge in [-0.25, -0.2) is 9.97 Å².